The molecular formula is C15H21FN6O. The SMILES string of the molecule is CN(C[C@@H]1C[C@H](F)CN1Cc1cnn(C)c1)C(=O)c1ccn[nH]1. The highest BCUT2D eigenvalue weighted by molar-refractivity contribution is 5.91. The van der Waals surface area contributed by atoms with Crippen molar-refractivity contribution in [1.29, 1.82) is 0 Å². The van der Waals surface area contributed by atoms with Gasteiger partial charge in [0.1, 0.15) is 11.9 Å². The Kier molecular flexibility index (Phi) is 4.42. The largest absolute Gasteiger partial charge is 0.339 e. The quantitative estimate of drug-likeness (QED) is 0.886. The second kappa shape index (κ2) is 6.49. The lowest BCUT2D eigenvalue weighted by Gasteiger charge is -2.27. The molecule has 0 aliphatic carbocycles. The number of H-pyrrole nitrogens is 1. The molecule has 8 heteroatoms. The van der Waals surface area contributed by atoms with Crippen LogP contribution < -0.4 is 0 Å². The van der Waals surface area contributed by atoms with Crippen molar-refractivity contribution in [2.24, 2.45) is 7.05 Å². The fourth-order valence-electron chi connectivity index (χ4n) is 3.07. The number of amides is 1. The third-order valence-electron chi connectivity index (χ3n) is 4.18. The van der Waals surface area contributed by atoms with Crippen LogP contribution in [0.1, 0.15) is 22.5 Å². The molecule has 1 amide bonds. The number of aromatic nitrogens is 4. The number of hydrogen-bond acceptors (Lipinski definition) is 4. The molecule has 1 aliphatic rings. The molecule has 0 radical (unpaired) electrons. The van der Waals surface area contributed by atoms with Gasteiger partial charge in [0.25, 0.3) is 5.91 Å². The van der Waals surface area contributed by atoms with Gasteiger partial charge in [-0.1, -0.05) is 0 Å². The van der Waals surface area contributed by atoms with E-state index in [9.17, 15) is 9.18 Å². The molecule has 124 valence electrons. The van der Waals surface area contributed by atoms with Gasteiger partial charge >= 0.3 is 0 Å². The van der Waals surface area contributed by atoms with Crippen LogP contribution in [0.25, 0.3) is 0 Å². The van der Waals surface area contributed by atoms with E-state index >= 15 is 0 Å². The van der Waals surface area contributed by atoms with E-state index in [0.717, 1.165) is 5.56 Å². The Morgan fingerprint density at radius 2 is 2.39 bits per heavy atom. The predicted octanol–water partition coefficient (Wildman–Crippen LogP) is 0.828. The van der Waals surface area contributed by atoms with Crippen LogP contribution in [0.2, 0.25) is 0 Å². The first-order chi connectivity index (χ1) is 11.0. The number of rotatable bonds is 5. The normalized spacial score (nSPS) is 21.7. The molecule has 2 aromatic rings. The number of carbonyl (C=O) groups is 1. The molecule has 0 spiro atoms. The summed E-state index contributed by atoms with van der Waals surface area (Å²) in [5.41, 5.74) is 1.50. The van der Waals surface area contributed by atoms with E-state index in [4.69, 9.17) is 0 Å². The van der Waals surface area contributed by atoms with Crippen LogP contribution in [0.3, 0.4) is 0 Å². The van der Waals surface area contributed by atoms with Crippen LogP contribution in [0, 0.1) is 0 Å². The summed E-state index contributed by atoms with van der Waals surface area (Å²) in [6, 6.07) is 1.64. The van der Waals surface area contributed by atoms with E-state index in [1.165, 1.54) is 0 Å². The minimum atomic E-state index is -0.854. The summed E-state index contributed by atoms with van der Waals surface area (Å²) in [7, 11) is 3.59. The molecular weight excluding hydrogens is 299 g/mol. The van der Waals surface area contributed by atoms with Gasteiger partial charge in [-0.05, 0) is 12.5 Å². The monoisotopic (exact) mass is 320 g/mol. The molecule has 23 heavy (non-hydrogen) atoms. The Bertz CT molecular complexity index is 655. The fraction of sp³-hybridized carbons (Fsp3) is 0.533. The summed E-state index contributed by atoms with van der Waals surface area (Å²) < 4.78 is 15.6. The van der Waals surface area contributed by atoms with Gasteiger partial charge < -0.3 is 4.90 Å². The van der Waals surface area contributed by atoms with Gasteiger partial charge in [-0.2, -0.15) is 10.2 Å². The highest BCUT2D eigenvalue weighted by atomic mass is 19.1. The summed E-state index contributed by atoms with van der Waals surface area (Å²) in [6.07, 6.45) is 4.86. The molecule has 0 saturated carbocycles. The first-order valence-corrected chi connectivity index (χ1v) is 7.63. The van der Waals surface area contributed by atoms with Gasteiger partial charge in [-0.3, -0.25) is 19.5 Å². The average molecular weight is 320 g/mol. The minimum Gasteiger partial charge on any atom is -0.339 e. The third kappa shape index (κ3) is 3.58. The van der Waals surface area contributed by atoms with Crippen LogP contribution in [-0.2, 0) is 13.6 Å². The second-order valence-electron chi connectivity index (χ2n) is 6.09. The molecule has 1 aliphatic heterocycles. The van der Waals surface area contributed by atoms with Crippen molar-refractivity contribution in [1.82, 2.24) is 29.8 Å². The maximum atomic E-state index is 13.9. The number of halogens is 1. The van der Waals surface area contributed by atoms with E-state index in [-0.39, 0.29) is 11.9 Å². The lowest BCUT2D eigenvalue weighted by molar-refractivity contribution is 0.0744. The van der Waals surface area contributed by atoms with Gasteiger partial charge in [-0.25, -0.2) is 4.39 Å². The van der Waals surface area contributed by atoms with Crippen LogP contribution in [0.4, 0.5) is 4.39 Å². The van der Waals surface area contributed by atoms with E-state index in [2.05, 4.69) is 20.2 Å². The van der Waals surface area contributed by atoms with Crippen molar-refractivity contribution in [2.75, 3.05) is 20.1 Å². The molecule has 1 saturated heterocycles. The highest BCUT2D eigenvalue weighted by Gasteiger charge is 2.33. The number of carbonyl (C=O) groups excluding carboxylic acids is 1. The number of likely N-dealkylation sites (tertiary alicyclic amines) is 1. The fourth-order valence-corrected chi connectivity index (χ4v) is 3.07. The van der Waals surface area contributed by atoms with Crippen molar-refractivity contribution in [3.05, 3.63) is 35.9 Å². The Morgan fingerprint density at radius 1 is 1.57 bits per heavy atom. The number of nitrogens with zero attached hydrogens (tertiary/aromatic N) is 5. The first kappa shape index (κ1) is 15.7. The zero-order valence-electron chi connectivity index (χ0n) is 13.3. The molecule has 2 aromatic heterocycles. The van der Waals surface area contributed by atoms with Crippen molar-refractivity contribution in [3.8, 4) is 0 Å². The summed E-state index contributed by atoms with van der Waals surface area (Å²) in [5.74, 6) is -0.133. The maximum absolute atomic E-state index is 13.9. The lowest BCUT2D eigenvalue weighted by atomic mass is 10.2. The molecule has 3 heterocycles. The predicted molar refractivity (Wildman–Crippen MR) is 82.5 cm³/mol. The maximum Gasteiger partial charge on any atom is 0.271 e. The van der Waals surface area contributed by atoms with Crippen LogP contribution in [0.15, 0.2) is 24.7 Å². The number of hydrogen-bond donors (Lipinski definition) is 1. The Labute approximate surface area is 134 Å². The van der Waals surface area contributed by atoms with E-state index in [1.54, 1.807) is 35.1 Å². The summed E-state index contributed by atoms with van der Waals surface area (Å²) in [4.78, 5) is 16.0. The topological polar surface area (TPSA) is 70.1 Å². The van der Waals surface area contributed by atoms with Crippen molar-refractivity contribution in [2.45, 2.75) is 25.2 Å². The zero-order valence-corrected chi connectivity index (χ0v) is 13.3. The zero-order chi connectivity index (χ0) is 16.4. The van der Waals surface area contributed by atoms with Gasteiger partial charge in [-0.15, -0.1) is 0 Å². The summed E-state index contributed by atoms with van der Waals surface area (Å²) >= 11 is 0. The molecule has 7 nitrogen and oxygen atoms in total. The van der Waals surface area contributed by atoms with Gasteiger partial charge in [0, 0.05) is 57.7 Å². The summed E-state index contributed by atoms with van der Waals surface area (Å²) in [5, 5.41) is 10.6. The van der Waals surface area contributed by atoms with Crippen molar-refractivity contribution >= 4 is 5.91 Å². The third-order valence-corrected chi connectivity index (χ3v) is 4.18. The van der Waals surface area contributed by atoms with E-state index < -0.39 is 6.17 Å². The molecule has 2 atom stereocenters. The Morgan fingerprint density at radius 3 is 3.04 bits per heavy atom. The number of likely N-dealkylation sites (N-methyl/N-ethyl adjacent to an activating group) is 1. The van der Waals surface area contributed by atoms with Gasteiger partial charge in [0.2, 0.25) is 0 Å². The van der Waals surface area contributed by atoms with Crippen LogP contribution in [0.5, 0.6) is 0 Å². The molecule has 0 aromatic carbocycles. The van der Waals surface area contributed by atoms with Crippen molar-refractivity contribution < 1.29 is 9.18 Å². The number of aromatic amines is 1. The van der Waals surface area contributed by atoms with E-state index in [1.807, 2.05) is 13.2 Å². The molecule has 0 unspecified atom stereocenters. The smallest absolute Gasteiger partial charge is 0.271 e. The Balaban J connectivity index is 1.63. The van der Waals surface area contributed by atoms with Crippen LogP contribution in [-0.4, -0.2) is 68.0 Å². The molecule has 3 rings (SSSR count). The first-order valence-electron chi connectivity index (χ1n) is 7.63. The number of nitrogens with one attached hydrogen (secondary N) is 1. The second-order valence-corrected chi connectivity index (χ2v) is 6.09. The van der Waals surface area contributed by atoms with Crippen LogP contribution >= 0.6 is 0 Å². The number of alkyl halides is 1. The van der Waals surface area contributed by atoms with Gasteiger partial charge in [0.05, 0.1) is 6.20 Å². The average Bonchev–Trinajstić information content (AvgIpc) is 3.22. The molecule has 1 fully saturated rings. The Hall–Kier alpha value is -2.22. The number of aryl methyl sites for hydroxylation is 1. The summed E-state index contributed by atoms with van der Waals surface area (Å²) in [6.45, 7) is 1.52. The van der Waals surface area contributed by atoms with Crippen molar-refractivity contribution in [3.63, 3.8) is 0 Å². The standard InChI is InChI=1S/C15H21FN6O/c1-20(15(23)14-3-4-17-19-14)10-13-5-12(16)9-22(13)8-11-6-18-21(2)7-11/h3-4,6-7,12-13H,5,8-10H2,1-2H3,(H,17,19)/t12-,13-/m0/s1. The molecule has 1 N–H and O–H groups in total. The van der Waals surface area contributed by atoms with E-state index in [0.29, 0.717) is 31.7 Å². The van der Waals surface area contributed by atoms with Gasteiger partial charge in [0.15, 0.2) is 0 Å². The minimum absolute atomic E-state index is 0.00192. The highest BCUT2D eigenvalue weighted by Crippen LogP contribution is 2.23. The molecule has 0 bridgehead atoms. The lowest BCUT2D eigenvalue weighted by Crippen LogP contribution is -2.41.